The number of hydrogen-bond donors (Lipinski definition) is 1. The number of carbonyl (C=O) groups is 1. The fraction of sp³-hybridized carbons (Fsp3) is 0.367. The fourth-order valence-corrected chi connectivity index (χ4v) is 7.09. The highest BCUT2D eigenvalue weighted by atomic mass is 16.1. The average Bonchev–Trinajstić information content (AvgIpc) is 3.43. The van der Waals surface area contributed by atoms with Crippen molar-refractivity contribution in [2.24, 2.45) is 0 Å². The van der Waals surface area contributed by atoms with Crippen LogP contribution < -0.4 is 10.2 Å². The van der Waals surface area contributed by atoms with Crippen LogP contribution in [0.3, 0.4) is 0 Å². The van der Waals surface area contributed by atoms with Crippen LogP contribution in [0, 0.1) is 0 Å². The Morgan fingerprint density at radius 1 is 0.731 bits per heavy atom. The number of nitrogens with two attached hydrogens (primary N) is 1. The SMILES string of the molecule is CC.CC.CC.CCC[NH2+]c1ccccc1C(C)(C/C=C/C=C/C=C1/N(CCC=O)c2ccccc2C1(C)Cc1ccccc1)Cc1ccccc1. The van der Waals surface area contributed by atoms with Gasteiger partial charge in [0.1, 0.15) is 12.0 Å². The Balaban J connectivity index is 0.00000148. The third kappa shape index (κ3) is 11.8. The van der Waals surface area contributed by atoms with E-state index in [0.717, 1.165) is 38.5 Å². The summed E-state index contributed by atoms with van der Waals surface area (Å²) in [5.41, 5.74) is 8.93. The summed E-state index contributed by atoms with van der Waals surface area (Å²) in [6.45, 7) is 20.7. The molecular weight excluding hydrogens is 633 g/mol. The molecule has 0 saturated carbocycles. The van der Waals surface area contributed by atoms with Crippen LogP contribution in [-0.2, 0) is 28.5 Å². The zero-order chi connectivity index (χ0) is 38.2. The molecule has 0 amide bonds. The van der Waals surface area contributed by atoms with Crippen LogP contribution in [0.25, 0.3) is 0 Å². The smallest absolute Gasteiger partial charge is 0.133 e. The number of fused-ring (bicyclic) bond motifs is 1. The molecule has 2 N–H and O–H groups in total. The molecule has 4 aromatic rings. The molecule has 0 fully saturated rings. The summed E-state index contributed by atoms with van der Waals surface area (Å²) >= 11 is 0. The highest BCUT2D eigenvalue weighted by Gasteiger charge is 2.43. The molecule has 3 nitrogen and oxygen atoms in total. The van der Waals surface area contributed by atoms with Crippen molar-refractivity contribution in [3.05, 3.63) is 168 Å². The van der Waals surface area contributed by atoms with E-state index >= 15 is 0 Å². The van der Waals surface area contributed by atoms with E-state index in [4.69, 9.17) is 0 Å². The molecule has 1 aliphatic heterocycles. The van der Waals surface area contributed by atoms with Crippen molar-refractivity contribution in [3.63, 3.8) is 0 Å². The Labute approximate surface area is 317 Å². The van der Waals surface area contributed by atoms with Gasteiger partial charge in [-0.05, 0) is 67.5 Å². The maximum Gasteiger partial charge on any atom is 0.133 e. The average molecular weight is 700 g/mol. The van der Waals surface area contributed by atoms with Gasteiger partial charge in [0, 0.05) is 40.7 Å². The lowest BCUT2D eigenvalue weighted by Crippen LogP contribution is -2.78. The van der Waals surface area contributed by atoms with E-state index in [0.29, 0.717) is 13.0 Å². The van der Waals surface area contributed by atoms with Crippen molar-refractivity contribution < 1.29 is 10.1 Å². The lowest BCUT2D eigenvalue weighted by molar-refractivity contribution is -0.572. The van der Waals surface area contributed by atoms with Crippen molar-refractivity contribution in [2.45, 2.75) is 105 Å². The van der Waals surface area contributed by atoms with Crippen LogP contribution >= 0.6 is 0 Å². The van der Waals surface area contributed by atoms with E-state index in [1.165, 1.54) is 39.3 Å². The van der Waals surface area contributed by atoms with Gasteiger partial charge in [0.15, 0.2) is 0 Å². The van der Waals surface area contributed by atoms with Gasteiger partial charge in [0.05, 0.1) is 6.54 Å². The van der Waals surface area contributed by atoms with E-state index in [1.54, 1.807) is 0 Å². The molecule has 278 valence electrons. The highest BCUT2D eigenvalue weighted by Crippen LogP contribution is 2.49. The van der Waals surface area contributed by atoms with Gasteiger partial charge in [-0.2, -0.15) is 0 Å². The minimum absolute atomic E-state index is 0.0437. The number of benzene rings is 4. The number of hydrogen-bond acceptors (Lipinski definition) is 2. The Kier molecular flexibility index (Phi) is 20.1. The van der Waals surface area contributed by atoms with Gasteiger partial charge in [-0.1, -0.05) is 177 Å². The summed E-state index contributed by atoms with van der Waals surface area (Å²) in [6, 6.07) is 39.2. The van der Waals surface area contributed by atoms with E-state index < -0.39 is 0 Å². The first-order valence-corrected chi connectivity index (χ1v) is 19.8. The molecule has 0 spiro atoms. The maximum atomic E-state index is 11.5. The summed E-state index contributed by atoms with van der Waals surface area (Å²) < 4.78 is 0. The van der Waals surface area contributed by atoms with E-state index in [2.05, 4.69) is 171 Å². The third-order valence-electron chi connectivity index (χ3n) is 9.40. The molecule has 2 unspecified atom stereocenters. The Bertz CT molecular complexity index is 1660. The fourth-order valence-electron chi connectivity index (χ4n) is 7.09. The van der Waals surface area contributed by atoms with Gasteiger partial charge in [-0.3, -0.25) is 0 Å². The molecule has 5 rings (SSSR count). The first-order valence-electron chi connectivity index (χ1n) is 19.8. The van der Waals surface area contributed by atoms with Gasteiger partial charge in [-0.25, -0.2) is 0 Å². The number of allylic oxidation sites excluding steroid dienone is 6. The van der Waals surface area contributed by atoms with Crippen molar-refractivity contribution in [2.75, 3.05) is 18.0 Å². The van der Waals surface area contributed by atoms with Gasteiger partial charge in [0.25, 0.3) is 0 Å². The van der Waals surface area contributed by atoms with Crippen molar-refractivity contribution in [1.29, 1.82) is 0 Å². The van der Waals surface area contributed by atoms with Gasteiger partial charge in [0.2, 0.25) is 0 Å². The molecule has 0 bridgehead atoms. The summed E-state index contributed by atoms with van der Waals surface area (Å²) in [5, 5.41) is 2.40. The molecule has 0 aromatic heterocycles. The maximum absolute atomic E-state index is 11.5. The quantitative estimate of drug-likeness (QED) is 0.0762. The number of para-hydroxylation sites is 2. The molecule has 0 radical (unpaired) electrons. The predicted octanol–water partition coefficient (Wildman–Crippen LogP) is 11.9. The molecule has 3 heteroatoms. The second-order valence-corrected chi connectivity index (χ2v) is 13.0. The van der Waals surface area contributed by atoms with Crippen molar-refractivity contribution >= 4 is 17.7 Å². The van der Waals surface area contributed by atoms with Gasteiger partial charge in [-0.15, -0.1) is 0 Å². The van der Waals surface area contributed by atoms with E-state index in [-0.39, 0.29) is 10.8 Å². The van der Waals surface area contributed by atoms with Gasteiger partial charge >= 0.3 is 0 Å². The van der Waals surface area contributed by atoms with Crippen LogP contribution in [0.5, 0.6) is 0 Å². The Morgan fingerprint density at radius 2 is 1.33 bits per heavy atom. The highest BCUT2D eigenvalue weighted by molar-refractivity contribution is 5.72. The predicted molar refractivity (Wildman–Crippen MR) is 228 cm³/mol. The molecule has 1 heterocycles. The van der Waals surface area contributed by atoms with E-state index in [9.17, 15) is 4.79 Å². The molecule has 0 aliphatic carbocycles. The Hall–Kier alpha value is -4.47. The van der Waals surface area contributed by atoms with Gasteiger partial charge < -0.3 is 15.0 Å². The lowest BCUT2D eigenvalue weighted by atomic mass is 9.74. The minimum atomic E-state index is -0.207. The van der Waals surface area contributed by atoms with Crippen LogP contribution in [0.1, 0.15) is 104 Å². The minimum Gasteiger partial charge on any atom is -0.344 e. The lowest BCUT2D eigenvalue weighted by Gasteiger charge is -2.30. The number of rotatable bonds is 15. The summed E-state index contributed by atoms with van der Waals surface area (Å²) in [4.78, 5) is 13.8. The van der Waals surface area contributed by atoms with Crippen LogP contribution in [-0.4, -0.2) is 19.4 Å². The molecule has 2 atom stereocenters. The Morgan fingerprint density at radius 3 is 1.98 bits per heavy atom. The van der Waals surface area contributed by atoms with Crippen LogP contribution in [0.2, 0.25) is 0 Å². The molecule has 4 aromatic carbocycles. The molecule has 1 aliphatic rings. The summed E-state index contributed by atoms with van der Waals surface area (Å²) in [5.74, 6) is 0. The molecule has 0 saturated heterocycles. The second kappa shape index (κ2) is 23.9. The zero-order valence-electron chi connectivity index (χ0n) is 33.7. The molecular formula is C49H67N2O+. The first kappa shape index (κ1) is 43.7. The normalized spacial score (nSPS) is 16.6. The number of quaternary nitrogens is 1. The monoisotopic (exact) mass is 700 g/mol. The van der Waals surface area contributed by atoms with Crippen LogP contribution in [0.4, 0.5) is 11.4 Å². The first-order chi connectivity index (χ1) is 25.5. The third-order valence-corrected chi connectivity index (χ3v) is 9.40. The standard InChI is InChI=1S/C43H48N2O.3C2H6/c1-4-30-44-39-26-16-14-24-37(39)42(2,33-35-20-9-7-10-21-35)29-18-6-5-13-28-41-43(3,34-36-22-11-8-12-23-36)38-25-15-17-27-40(38)45(41)31-19-32-46;3*1-2/h5-18,20-28,32,44H,4,19,29-31,33-34H2,1-3H3;3*1-2H3/p+1/b13-5+,18-6+,41-28+;;;. The summed E-state index contributed by atoms with van der Waals surface area (Å²) in [7, 11) is 0. The topological polar surface area (TPSA) is 36.9 Å². The molecule has 52 heavy (non-hydrogen) atoms. The number of anilines is 1. The van der Waals surface area contributed by atoms with E-state index in [1.807, 2.05) is 41.5 Å². The van der Waals surface area contributed by atoms with Crippen LogP contribution in [0.15, 0.2) is 145 Å². The van der Waals surface area contributed by atoms with Crippen molar-refractivity contribution in [3.8, 4) is 0 Å². The zero-order valence-corrected chi connectivity index (χ0v) is 33.7. The number of aldehydes is 1. The summed E-state index contributed by atoms with van der Waals surface area (Å²) in [6.07, 6.45) is 16.6. The second-order valence-electron chi connectivity index (χ2n) is 13.0. The van der Waals surface area contributed by atoms with Crippen molar-refractivity contribution in [1.82, 2.24) is 0 Å². The largest absolute Gasteiger partial charge is 0.344 e. The number of nitrogens with zero attached hydrogens (tertiary/aromatic N) is 1. The number of carbonyl (C=O) groups excluding carboxylic acids is 1.